The van der Waals surface area contributed by atoms with Crippen LogP contribution in [0.4, 0.5) is 4.79 Å². The Balaban J connectivity index is 0.000000293. The van der Waals surface area contributed by atoms with E-state index in [1.54, 1.807) is 20.8 Å². The lowest BCUT2D eigenvalue weighted by atomic mass is 9.79. The summed E-state index contributed by atoms with van der Waals surface area (Å²) in [5.74, 6) is -2.33. The molecule has 0 aliphatic carbocycles. The first-order valence-electron chi connectivity index (χ1n) is 11.5. The van der Waals surface area contributed by atoms with Gasteiger partial charge in [0.25, 0.3) is 0 Å². The van der Waals surface area contributed by atoms with Crippen molar-refractivity contribution in [2.75, 3.05) is 27.3 Å². The fourth-order valence-electron chi connectivity index (χ4n) is 4.21. The van der Waals surface area contributed by atoms with E-state index in [1.165, 1.54) is 14.2 Å². The van der Waals surface area contributed by atoms with Crippen LogP contribution in [0.25, 0.3) is 0 Å². The lowest BCUT2D eigenvalue weighted by Gasteiger charge is -2.29. The van der Waals surface area contributed by atoms with Gasteiger partial charge in [0.15, 0.2) is 0 Å². The molecule has 3 aliphatic rings. The molecule has 0 aromatic carbocycles. The van der Waals surface area contributed by atoms with Crippen molar-refractivity contribution in [1.29, 1.82) is 0 Å². The Morgan fingerprint density at radius 2 is 1.67 bits per heavy atom. The molecular weight excluding hydrogens is 478 g/mol. The third kappa shape index (κ3) is 6.79. The van der Waals surface area contributed by atoms with Gasteiger partial charge in [-0.25, -0.2) is 9.69 Å². The molecule has 0 aromatic rings. The van der Waals surface area contributed by atoms with Crippen LogP contribution in [0.15, 0.2) is 0 Å². The van der Waals surface area contributed by atoms with Crippen molar-refractivity contribution < 1.29 is 47.8 Å². The highest BCUT2D eigenvalue weighted by Crippen LogP contribution is 2.38. The monoisotopic (exact) mass is 511 g/mol. The Kier molecular flexibility index (Phi) is 8.81. The largest absolute Gasteiger partial charge is 0.469 e. The van der Waals surface area contributed by atoms with Gasteiger partial charge in [0.1, 0.15) is 5.60 Å². The van der Waals surface area contributed by atoms with Crippen molar-refractivity contribution in [2.24, 2.45) is 10.8 Å². The van der Waals surface area contributed by atoms with Crippen LogP contribution in [0, 0.1) is 10.8 Å². The first-order chi connectivity index (χ1) is 16.7. The summed E-state index contributed by atoms with van der Waals surface area (Å²) in [6.07, 6.45) is 0.00345. The molecule has 0 radical (unpaired) electrons. The fraction of sp³-hybridized carbons (Fsp3) is 0.696. The summed E-state index contributed by atoms with van der Waals surface area (Å²) in [4.78, 5) is 81.9. The van der Waals surface area contributed by atoms with Crippen molar-refractivity contribution >= 4 is 41.7 Å². The minimum atomic E-state index is -1.25. The smallest absolute Gasteiger partial charge is 0.417 e. The van der Waals surface area contributed by atoms with E-state index >= 15 is 0 Å². The predicted octanol–water partition coefficient (Wildman–Crippen LogP) is 0.196. The minimum Gasteiger partial charge on any atom is -0.469 e. The van der Waals surface area contributed by atoms with E-state index in [2.05, 4.69) is 15.4 Å². The number of esters is 2. The van der Waals surface area contributed by atoms with E-state index in [0.717, 1.165) is 4.90 Å². The average Bonchev–Trinajstić information content (AvgIpc) is 3.35. The van der Waals surface area contributed by atoms with E-state index in [9.17, 15) is 33.6 Å². The van der Waals surface area contributed by atoms with Gasteiger partial charge < -0.3 is 19.5 Å². The molecule has 3 heterocycles. The van der Waals surface area contributed by atoms with Crippen LogP contribution in [0.3, 0.4) is 0 Å². The van der Waals surface area contributed by atoms with Crippen LogP contribution in [-0.4, -0.2) is 79.5 Å². The van der Waals surface area contributed by atoms with Gasteiger partial charge in [-0.3, -0.25) is 34.1 Å². The summed E-state index contributed by atoms with van der Waals surface area (Å²) >= 11 is 0. The fourth-order valence-corrected chi connectivity index (χ4v) is 4.21. The summed E-state index contributed by atoms with van der Waals surface area (Å²) in [5.41, 5.74) is -2.66. The normalized spacial score (nSPS) is 25.5. The van der Waals surface area contributed by atoms with Gasteiger partial charge in [-0.1, -0.05) is 0 Å². The Morgan fingerprint density at radius 1 is 1.00 bits per heavy atom. The van der Waals surface area contributed by atoms with Crippen LogP contribution >= 0.6 is 0 Å². The van der Waals surface area contributed by atoms with Crippen LogP contribution in [0.1, 0.15) is 59.3 Å². The second-order valence-electron chi connectivity index (χ2n) is 10.1. The van der Waals surface area contributed by atoms with Crippen LogP contribution in [0.5, 0.6) is 0 Å². The number of ether oxygens (including phenoxy) is 3. The predicted molar refractivity (Wildman–Crippen MR) is 121 cm³/mol. The molecule has 3 rings (SSSR count). The number of rotatable bonds is 4. The number of hydrogen-bond donors (Lipinski definition) is 2. The number of likely N-dealkylation sites (tertiary alicyclic amines) is 1. The Labute approximate surface area is 208 Å². The molecule has 1 spiro atoms. The first-order valence-corrected chi connectivity index (χ1v) is 11.5. The number of nitrogens with one attached hydrogen (secondary N) is 2. The zero-order valence-corrected chi connectivity index (χ0v) is 21.2. The molecule has 2 atom stereocenters. The number of methoxy groups -OCH3 is 2. The molecule has 3 aliphatic heterocycles. The molecule has 0 aromatic heterocycles. The van der Waals surface area contributed by atoms with Gasteiger partial charge in [-0.15, -0.1) is 0 Å². The van der Waals surface area contributed by atoms with E-state index in [1.807, 2.05) is 0 Å². The highest BCUT2D eigenvalue weighted by molar-refractivity contribution is 6.03. The Bertz CT molecular complexity index is 956. The summed E-state index contributed by atoms with van der Waals surface area (Å²) in [7, 11) is 2.43. The highest BCUT2D eigenvalue weighted by Gasteiger charge is 2.52. The molecule has 0 saturated carbocycles. The Hall–Kier alpha value is -3.51. The molecule has 3 saturated heterocycles. The summed E-state index contributed by atoms with van der Waals surface area (Å²) in [6, 6.07) is 0. The summed E-state index contributed by atoms with van der Waals surface area (Å²) in [6.45, 7) is 5.22. The van der Waals surface area contributed by atoms with Crippen molar-refractivity contribution in [1.82, 2.24) is 15.5 Å². The number of nitrogens with zero attached hydrogens (tertiary/aromatic N) is 1. The molecule has 200 valence electrons. The molecule has 36 heavy (non-hydrogen) atoms. The third-order valence-electron chi connectivity index (χ3n) is 6.21. The zero-order valence-electron chi connectivity index (χ0n) is 21.2. The number of carbonyl (C=O) groups is 7. The second-order valence-corrected chi connectivity index (χ2v) is 10.1. The first kappa shape index (κ1) is 28.7. The number of imide groups is 2. The molecule has 5 amide bonds. The maximum absolute atomic E-state index is 12.2. The standard InChI is InChI=1S/C15H23NO7.C8H10N2O3/c1-14(2,3)23-13(20)16-9-15(8-10(16)17,12(19)22-5)7-6-11(18)21-4;11-5-1-2-8(7(13)10-5)3-6(12)9-4-8/h6-9H2,1-5H3;1-4H2,(H,9,12)(H,10,11,13). The lowest BCUT2D eigenvalue weighted by Crippen LogP contribution is -2.49. The van der Waals surface area contributed by atoms with E-state index < -0.39 is 40.4 Å². The topological polar surface area (TPSA) is 174 Å². The maximum atomic E-state index is 12.2. The van der Waals surface area contributed by atoms with Gasteiger partial charge in [0.2, 0.25) is 23.6 Å². The molecule has 0 bridgehead atoms. The molecule has 13 nitrogen and oxygen atoms in total. The average molecular weight is 512 g/mol. The number of carbonyl (C=O) groups excluding carboxylic acids is 7. The van der Waals surface area contributed by atoms with Gasteiger partial charge >= 0.3 is 18.0 Å². The summed E-state index contributed by atoms with van der Waals surface area (Å²) < 4.78 is 14.5. The van der Waals surface area contributed by atoms with E-state index in [4.69, 9.17) is 9.47 Å². The third-order valence-corrected chi connectivity index (χ3v) is 6.21. The molecular formula is C23H33N3O10. The second kappa shape index (κ2) is 11.0. The SMILES string of the molecule is COC(=O)CCC1(C(=O)OC)CC(=O)N(C(=O)OC(C)(C)C)C1.O=C1CC2(CCC(=O)NC2=O)CN1. The molecule has 13 heteroatoms. The lowest BCUT2D eigenvalue weighted by molar-refractivity contribution is -0.154. The van der Waals surface area contributed by atoms with Gasteiger partial charge in [0, 0.05) is 38.8 Å². The van der Waals surface area contributed by atoms with E-state index in [0.29, 0.717) is 19.4 Å². The van der Waals surface area contributed by atoms with Crippen molar-refractivity contribution in [3.63, 3.8) is 0 Å². The molecule has 3 fully saturated rings. The van der Waals surface area contributed by atoms with Gasteiger partial charge in [0.05, 0.1) is 25.0 Å². The van der Waals surface area contributed by atoms with E-state index in [-0.39, 0.29) is 49.9 Å². The van der Waals surface area contributed by atoms with Crippen LogP contribution in [0.2, 0.25) is 0 Å². The van der Waals surface area contributed by atoms with Crippen molar-refractivity contribution in [2.45, 2.75) is 64.9 Å². The Morgan fingerprint density at radius 3 is 2.17 bits per heavy atom. The van der Waals surface area contributed by atoms with Crippen molar-refractivity contribution in [3.8, 4) is 0 Å². The van der Waals surface area contributed by atoms with Gasteiger partial charge in [-0.05, 0) is 33.6 Å². The number of hydrogen-bond acceptors (Lipinski definition) is 10. The van der Waals surface area contributed by atoms with Gasteiger partial charge in [-0.2, -0.15) is 0 Å². The van der Waals surface area contributed by atoms with Crippen LogP contribution < -0.4 is 10.6 Å². The summed E-state index contributed by atoms with van der Waals surface area (Å²) in [5, 5.41) is 4.88. The highest BCUT2D eigenvalue weighted by atomic mass is 16.6. The van der Waals surface area contributed by atoms with Crippen LogP contribution in [-0.2, 0) is 43.0 Å². The quantitative estimate of drug-likeness (QED) is 0.301. The minimum absolute atomic E-state index is 0.0530. The number of amides is 5. The van der Waals surface area contributed by atoms with Crippen molar-refractivity contribution in [3.05, 3.63) is 0 Å². The molecule has 2 unspecified atom stereocenters. The zero-order chi connectivity index (χ0) is 27.3. The molecule has 2 N–H and O–H groups in total. The number of piperidine rings is 1. The maximum Gasteiger partial charge on any atom is 0.417 e.